The van der Waals surface area contributed by atoms with Crippen molar-refractivity contribution in [1.29, 1.82) is 0 Å². The van der Waals surface area contributed by atoms with Gasteiger partial charge in [0, 0.05) is 6.07 Å². The molecule has 1 aromatic carbocycles. The topological polar surface area (TPSA) is 86.5 Å². The number of hydrogen-bond acceptors (Lipinski definition) is 5. The first-order valence-corrected chi connectivity index (χ1v) is 7.65. The minimum absolute atomic E-state index is 0.0445. The molecular weight excluding hydrogens is 282 g/mol. The molecule has 1 aromatic rings. The lowest BCUT2D eigenvalue weighted by atomic mass is 10.3. The molecule has 0 unspecified atom stereocenters. The van der Waals surface area contributed by atoms with Gasteiger partial charge in [-0.05, 0) is 12.5 Å². The van der Waals surface area contributed by atoms with E-state index in [1.165, 1.54) is 18.2 Å². The highest BCUT2D eigenvalue weighted by atomic mass is 32.2. The predicted octanol–water partition coefficient (Wildman–Crippen LogP) is 2.44. The van der Waals surface area contributed by atoms with Gasteiger partial charge in [-0.1, -0.05) is 31.9 Å². The maximum atomic E-state index is 12.0. The number of unbranched alkanes of at least 4 members (excludes halogenated alkanes) is 2. The van der Waals surface area contributed by atoms with Gasteiger partial charge < -0.3 is 4.74 Å². The zero-order valence-electron chi connectivity index (χ0n) is 11.2. The standard InChI is InChI=1S/C13H17NO5S/c1-2-3-6-9-19-13(15)10-20(18)12-8-5-4-7-11(12)14(16)17/h4-5,7-8H,2-3,6,9-10H2,1H3/t20-/m1/s1. The van der Waals surface area contributed by atoms with E-state index in [1.54, 1.807) is 6.07 Å². The highest BCUT2D eigenvalue weighted by molar-refractivity contribution is 7.85. The monoisotopic (exact) mass is 299 g/mol. The van der Waals surface area contributed by atoms with Crippen LogP contribution in [0.4, 0.5) is 5.69 Å². The molecule has 0 aliphatic rings. The van der Waals surface area contributed by atoms with Crippen LogP contribution in [0, 0.1) is 10.1 Å². The number of carbonyl (C=O) groups excluding carboxylic acids is 1. The van der Waals surface area contributed by atoms with E-state index in [1.807, 2.05) is 6.92 Å². The summed E-state index contributed by atoms with van der Waals surface area (Å²) in [5.41, 5.74) is -0.246. The lowest BCUT2D eigenvalue weighted by Crippen LogP contribution is -2.15. The molecule has 0 saturated heterocycles. The summed E-state index contributed by atoms with van der Waals surface area (Å²) < 4.78 is 16.9. The molecule has 0 fully saturated rings. The normalized spacial score (nSPS) is 11.8. The van der Waals surface area contributed by atoms with Gasteiger partial charge in [0.15, 0.2) is 0 Å². The number of para-hydroxylation sites is 1. The third kappa shape index (κ3) is 5.08. The molecule has 6 nitrogen and oxygen atoms in total. The average molecular weight is 299 g/mol. The Labute approximate surface area is 119 Å². The average Bonchev–Trinajstić information content (AvgIpc) is 2.43. The molecule has 0 aliphatic carbocycles. The van der Waals surface area contributed by atoms with Crippen molar-refractivity contribution in [3.8, 4) is 0 Å². The van der Waals surface area contributed by atoms with Crippen molar-refractivity contribution in [3.63, 3.8) is 0 Å². The van der Waals surface area contributed by atoms with Crippen LogP contribution in [0.15, 0.2) is 29.2 Å². The van der Waals surface area contributed by atoms with Crippen molar-refractivity contribution < 1.29 is 18.7 Å². The molecule has 0 N–H and O–H groups in total. The fourth-order valence-corrected chi connectivity index (χ4v) is 2.62. The molecule has 20 heavy (non-hydrogen) atoms. The molecule has 110 valence electrons. The van der Waals surface area contributed by atoms with Gasteiger partial charge in [0.1, 0.15) is 10.6 Å². The smallest absolute Gasteiger partial charge is 0.318 e. The third-order valence-electron chi connectivity index (χ3n) is 2.57. The van der Waals surface area contributed by atoms with E-state index >= 15 is 0 Å². The summed E-state index contributed by atoms with van der Waals surface area (Å²) in [6.07, 6.45) is 2.74. The molecule has 1 rings (SSSR count). The van der Waals surface area contributed by atoms with Crippen molar-refractivity contribution >= 4 is 22.5 Å². The SMILES string of the molecule is CCCCCOC(=O)C[S@@](=O)c1ccccc1[N+](=O)[O-]. The predicted molar refractivity (Wildman–Crippen MR) is 74.9 cm³/mol. The van der Waals surface area contributed by atoms with E-state index < -0.39 is 21.7 Å². The quantitative estimate of drug-likeness (QED) is 0.318. The van der Waals surface area contributed by atoms with Gasteiger partial charge in [-0.15, -0.1) is 0 Å². The van der Waals surface area contributed by atoms with E-state index in [0.29, 0.717) is 6.61 Å². The second-order valence-electron chi connectivity index (χ2n) is 4.14. The van der Waals surface area contributed by atoms with Crippen molar-refractivity contribution in [2.75, 3.05) is 12.4 Å². The molecule has 0 spiro atoms. The fourth-order valence-electron chi connectivity index (χ4n) is 1.57. The molecular formula is C13H17NO5S. The molecule has 0 aromatic heterocycles. The number of nitro groups is 1. The maximum Gasteiger partial charge on any atom is 0.318 e. The number of benzene rings is 1. The van der Waals surface area contributed by atoms with Crippen LogP contribution in [0.25, 0.3) is 0 Å². The molecule has 1 atom stereocenters. The number of nitrogens with zero attached hydrogens (tertiary/aromatic N) is 1. The van der Waals surface area contributed by atoms with Gasteiger partial charge in [0.05, 0.1) is 22.3 Å². The minimum atomic E-state index is -1.77. The summed E-state index contributed by atoms with van der Waals surface area (Å²) in [7, 11) is -1.77. The van der Waals surface area contributed by atoms with Crippen molar-refractivity contribution in [2.24, 2.45) is 0 Å². The highest BCUT2D eigenvalue weighted by Gasteiger charge is 2.20. The largest absolute Gasteiger partial charge is 0.465 e. The zero-order chi connectivity index (χ0) is 15.0. The first kappa shape index (κ1) is 16.3. The summed E-state index contributed by atoms with van der Waals surface area (Å²) in [5, 5.41) is 10.8. The Morgan fingerprint density at radius 1 is 1.35 bits per heavy atom. The summed E-state index contributed by atoms with van der Waals surface area (Å²) >= 11 is 0. The van der Waals surface area contributed by atoms with Crippen LogP contribution in [0.1, 0.15) is 26.2 Å². The molecule has 0 amide bonds. The fraction of sp³-hybridized carbons (Fsp3) is 0.462. The number of ether oxygens (including phenoxy) is 1. The van der Waals surface area contributed by atoms with Crippen molar-refractivity contribution in [2.45, 2.75) is 31.1 Å². The van der Waals surface area contributed by atoms with E-state index in [-0.39, 0.29) is 16.3 Å². The Morgan fingerprint density at radius 2 is 2.05 bits per heavy atom. The van der Waals surface area contributed by atoms with Crippen LogP contribution in [-0.4, -0.2) is 27.5 Å². The second-order valence-corrected chi connectivity index (χ2v) is 5.56. The van der Waals surface area contributed by atoms with E-state index in [0.717, 1.165) is 19.3 Å². The Bertz CT molecular complexity index is 503. The van der Waals surface area contributed by atoms with E-state index in [2.05, 4.69) is 0 Å². The van der Waals surface area contributed by atoms with Gasteiger partial charge in [0.2, 0.25) is 0 Å². The van der Waals surface area contributed by atoms with Crippen LogP contribution in [0.2, 0.25) is 0 Å². The molecule has 0 radical (unpaired) electrons. The molecule has 0 aliphatic heterocycles. The van der Waals surface area contributed by atoms with E-state index in [4.69, 9.17) is 4.74 Å². The Kier molecular flexibility index (Phi) is 6.86. The van der Waals surface area contributed by atoms with Crippen molar-refractivity contribution in [3.05, 3.63) is 34.4 Å². The van der Waals surface area contributed by atoms with Gasteiger partial charge >= 0.3 is 5.97 Å². The summed E-state index contributed by atoms with van der Waals surface area (Å²) in [4.78, 5) is 21.7. The van der Waals surface area contributed by atoms with Crippen molar-refractivity contribution in [1.82, 2.24) is 0 Å². The minimum Gasteiger partial charge on any atom is -0.465 e. The molecule has 0 bridgehead atoms. The molecule has 0 heterocycles. The number of carbonyl (C=O) groups is 1. The summed E-state index contributed by atoms with van der Waals surface area (Å²) in [6.45, 7) is 2.33. The lowest BCUT2D eigenvalue weighted by molar-refractivity contribution is -0.387. The summed E-state index contributed by atoms with van der Waals surface area (Å²) in [6, 6.07) is 5.69. The van der Waals surface area contributed by atoms with Crippen LogP contribution >= 0.6 is 0 Å². The Hall–Kier alpha value is -1.76. The first-order chi connectivity index (χ1) is 9.56. The lowest BCUT2D eigenvalue weighted by Gasteiger charge is -2.05. The Morgan fingerprint density at radius 3 is 2.70 bits per heavy atom. The van der Waals surface area contributed by atoms with Crippen LogP contribution in [0.3, 0.4) is 0 Å². The van der Waals surface area contributed by atoms with Gasteiger partial charge in [-0.3, -0.25) is 19.1 Å². The van der Waals surface area contributed by atoms with Gasteiger partial charge in [0.25, 0.3) is 5.69 Å². The first-order valence-electron chi connectivity index (χ1n) is 6.33. The van der Waals surface area contributed by atoms with Gasteiger partial charge in [-0.2, -0.15) is 0 Å². The third-order valence-corrected chi connectivity index (χ3v) is 3.90. The van der Waals surface area contributed by atoms with Crippen LogP contribution in [-0.2, 0) is 20.3 Å². The summed E-state index contributed by atoms with van der Waals surface area (Å²) in [5.74, 6) is -0.964. The van der Waals surface area contributed by atoms with Crippen LogP contribution < -0.4 is 0 Å². The number of esters is 1. The highest BCUT2D eigenvalue weighted by Crippen LogP contribution is 2.21. The number of nitro benzene ring substituents is 1. The molecule has 7 heteroatoms. The second kappa shape index (κ2) is 8.42. The van der Waals surface area contributed by atoms with Gasteiger partial charge in [-0.25, -0.2) is 0 Å². The molecule has 0 saturated carbocycles. The number of rotatable bonds is 8. The zero-order valence-corrected chi connectivity index (χ0v) is 12.1. The maximum absolute atomic E-state index is 12.0. The van der Waals surface area contributed by atoms with E-state index in [9.17, 15) is 19.1 Å². The number of hydrogen-bond donors (Lipinski definition) is 0. The van der Waals surface area contributed by atoms with Crippen LogP contribution in [0.5, 0.6) is 0 Å². The Balaban J connectivity index is 2.58.